The van der Waals surface area contributed by atoms with Crippen LogP contribution in [0.3, 0.4) is 0 Å². The normalized spacial score (nSPS) is 10.8. The molecule has 2 aromatic rings. The smallest absolute Gasteiger partial charge is 0.194 e. The third kappa shape index (κ3) is 3.14. The van der Waals surface area contributed by atoms with Gasteiger partial charge in [0.25, 0.3) is 0 Å². The van der Waals surface area contributed by atoms with Crippen molar-refractivity contribution in [2.24, 2.45) is 0 Å². The molecule has 0 spiro atoms. The fraction of sp³-hybridized carbons (Fsp3) is 0.200. The van der Waals surface area contributed by atoms with E-state index in [1.54, 1.807) is 18.2 Å². The van der Waals surface area contributed by atoms with Crippen LogP contribution >= 0.6 is 11.6 Å². The molecule has 0 saturated heterocycles. The van der Waals surface area contributed by atoms with Gasteiger partial charge in [-0.2, -0.15) is 0 Å². The molecule has 0 fully saturated rings. The van der Waals surface area contributed by atoms with Crippen LogP contribution in [-0.4, -0.2) is 6.54 Å². The lowest BCUT2D eigenvalue weighted by molar-refractivity contribution is 0.447. The molecule has 5 heteroatoms. The summed E-state index contributed by atoms with van der Waals surface area (Å²) in [4.78, 5) is 0. The summed E-state index contributed by atoms with van der Waals surface area (Å²) in [5.74, 6) is -3.87. The van der Waals surface area contributed by atoms with Gasteiger partial charge >= 0.3 is 0 Å². The lowest BCUT2D eigenvalue weighted by Gasteiger charge is -2.09. The predicted molar refractivity (Wildman–Crippen MR) is 74.1 cm³/mol. The van der Waals surface area contributed by atoms with E-state index in [0.29, 0.717) is 17.1 Å². The summed E-state index contributed by atoms with van der Waals surface area (Å²) in [5.41, 5.74) is 1.67. The molecule has 2 aromatic carbocycles. The maximum Gasteiger partial charge on any atom is 0.194 e. The molecular formula is C15H13ClF3N. The molecule has 2 rings (SSSR count). The van der Waals surface area contributed by atoms with Crippen molar-refractivity contribution in [3.63, 3.8) is 0 Å². The number of rotatable bonds is 4. The lowest BCUT2D eigenvalue weighted by Crippen LogP contribution is -2.12. The highest BCUT2D eigenvalue weighted by atomic mass is 35.5. The Kier molecular flexibility index (Phi) is 4.68. The summed E-state index contributed by atoms with van der Waals surface area (Å²) >= 11 is 6.06. The summed E-state index contributed by atoms with van der Waals surface area (Å²) in [7, 11) is 0. The van der Waals surface area contributed by atoms with Crippen LogP contribution in [0.25, 0.3) is 11.1 Å². The average molecular weight is 300 g/mol. The highest BCUT2D eigenvalue weighted by Crippen LogP contribution is 2.27. The van der Waals surface area contributed by atoms with Gasteiger partial charge < -0.3 is 5.32 Å². The van der Waals surface area contributed by atoms with Gasteiger partial charge in [0.05, 0.1) is 0 Å². The van der Waals surface area contributed by atoms with Crippen molar-refractivity contribution in [3.05, 3.63) is 58.4 Å². The standard InChI is InChI=1S/C15H13ClF3N/c1-2-20-8-11-5-9(3-4-12(11)16)10-6-13(17)15(19)14(18)7-10/h3-7,20H,2,8H2,1H3. The number of hydrogen-bond donors (Lipinski definition) is 1. The van der Waals surface area contributed by atoms with E-state index in [-0.39, 0.29) is 5.56 Å². The van der Waals surface area contributed by atoms with Gasteiger partial charge in [-0.05, 0) is 47.5 Å². The van der Waals surface area contributed by atoms with E-state index in [2.05, 4.69) is 5.32 Å². The van der Waals surface area contributed by atoms with Crippen LogP contribution < -0.4 is 5.32 Å². The molecule has 1 N–H and O–H groups in total. The van der Waals surface area contributed by atoms with E-state index >= 15 is 0 Å². The lowest BCUT2D eigenvalue weighted by atomic mass is 10.0. The van der Waals surface area contributed by atoms with Gasteiger partial charge in [-0.15, -0.1) is 0 Å². The molecule has 0 aliphatic heterocycles. The SMILES string of the molecule is CCNCc1cc(-c2cc(F)c(F)c(F)c2)ccc1Cl. The number of halogens is 4. The molecule has 0 bridgehead atoms. The minimum absolute atomic E-state index is 0.274. The van der Waals surface area contributed by atoms with Crippen molar-refractivity contribution >= 4 is 11.6 Å². The van der Waals surface area contributed by atoms with Gasteiger partial charge in [0.1, 0.15) is 0 Å². The molecule has 0 amide bonds. The highest BCUT2D eigenvalue weighted by Gasteiger charge is 2.12. The van der Waals surface area contributed by atoms with E-state index < -0.39 is 17.5 Å². The van der Waals surface area contributed by atoms with Gasteiger partial charge in [-0.25, -0.2) is 13.2 Å². The van der Waals surface area contributed by atoms with E-state index in [1.165, 1.54) is 0 Å². The van der Waals surface area contributed by atoms with Gasteiger partial charge in [0, 0.05) is 11.6 Å². The monoisotopic (exact) mass is 299 g/mol. The molecular weight excluding hydrogens is 287 g/mol. The number of nitrogens with one attached hydrogen (secondary N) is 1. The van der Waals surface area contributed by atoms with Crippen LogP contribution in [-0.2, 0) is 6.54 Å². The zero-order valence-electron chi connectivity index (χ0n) is 10.8. The molecule has 0 radical (unpaired) electrons. The van der Waals surface area contributed by atoms with Gasteiger partial charge in [0.15, 0.2) is 17.5 Å². The molecule has 106 valence electrons. The third-order valence-corrected chi connectivity index (χ3v) is 3.30. The van der Waals surface area contributed by atoms with Gasteiger partial charge in [0.2, 0.25) is 0 Å². The van der Waals surface area contributed by atoms with Gasteiger partial charge in [-0.3, -0.25) is 0 Å². The van der Waals surface area contributed by atoms with Crippen LogP contribution in [0.1, 0.15) is 12.5 Å². The molecule has 0 aliphatic carbocycles. The van der Waals surface area contributed by atoms with Crippen molar-refractivity contribution in [1.29, 1.82) is 0 Å². The zero-order valence-corrected chi connectivity index (χ0v) is 11.6. The first-order chi connectivity index (χ1) is 9.52. The Balaban J connectivity index is 2.42. The van der Waals surface area contributed by atoms with Crippen molar-refractivity contribution in [2.75, 3.05) is 6.54 Å². The maximum absolute atomic E-state index is 13.3. The quantitative estimate of drug-likeness (QED) is 0.818. The Labute approximate surface area is 120 Å². The topological polar surface area (TPSA) is 12.0 Å². The first-order valence-electron chi connectivity index (χ1n) is 6.17. The summed E-state index contributed by atoms with van der Waals surface area (Å²) in [5, 5.41) is 3.69. The molecule has 0 saturated carbocycles. The van der Waals surface area contributed by atoms with Crippen molar-refractivity contribution in [2.45, 2.75) is 13.5 Å². The molecule has 0 atom stereocenters. The first-order valence-corrected chi connectivity index (χ1v) is 6.54. The highest BCUT2D eigenvalue weighted by molar-refractivity contribution is 6.31. The van der Waals surface area contributed by atoms with Gasteiger partial charge in [-0.1, -0.05) is 24.6 Å². The Hall–Kier alpha value is -1.52. The average Bonchev–Trinajstić information content (AvgIpc) is 2.43. The second kappa shape index (κ2) is 6.29. The molecule has 0 aromatic heterocycles. The maximum atomic E-state index is 13.3. The Morgan fingerprint density at radius 1 is 1.00 bits per heavy atom. The Bertz CT molecular complexity index is 606. The molecule has 20 heavy (non-hydrogen) atoms. The second-order valence-electron chi connectivity index (χ2n) is 4.34. The predicted octanol–water partition coefficient (Wildman–Crippen LogP) is 4.53. The Morgan fingerprint density at radius 3 is 2.25 bits per heavy atom. The van der Waals surface area contributed by atoms with E-state index in [0.717, 1.165) is 24.2 Å². The number of benzene rings is 2. The minimum atomic E-state index is -1.46. The van der Waals surface area contributed by atoms with E-state index in [9.17, 15) is 13.2 Å². The van der Waals surface area contributed by atoms with Crippen LogP contribution in [0, 0.1) is 17.5 Å². The van der Waals surface area contributed by atoms with E-state index in [1.807, 2.05) is 6.92 Å². The van der Waals surface area contributed by atoms with Crippen LogP contribution in [0.5, 0.6) is 0 Å². The summed E-state index contributed by atoms with van der Waals surface area (Å²) in [6, 6.07) is 6.97. The van der Waals surface area contributed by atoms with Crippen molar-refractivity contribution < 1.29 is 13.2 Å². The van der Waals surface area contributed by atoms with Crippen LogP contribution in [0.4, 0.5) is 13.2 Å². The fourth-order valence-corrected chi connectivity index (χ4v) is 2.06. The molecule has 0 unspecified atom stereocenters. The van der Waals surface area contributed by atoms with Crippen molar-refractivity contribution in [1.82, 2.24) is 5.32 Å². The summed E-state index contributed by atoms with van der Waals surface area (Å²) in [6.07, 6.45) is 0. The zero-order chi connectivity index (χ0) is 14.7. The summed E-state index contributed by atoms with van der Waals surface area (Å²) < 4.78 is 39.5. The molecule has 1 nitrogen and oxygen atoms in total. The summed E-state index contributed by atoms with van der Waals surface area (Å²) in [6.45, 7) is 3.29. The molecule has 0 aliphatic rings. The van der Waals surface area contributed by atoms with Crippen LogP contribution in [0.15, 0.2) is 30.3 Å². The Morgan fingerprint density at radius 2 is 1.65 bits per heavy atom. The number of hydrogen-bond acceptors (Lipinski definition) is 1. The largest absolute Gasteiger partial charge is 0.313 e. The van der Waals surface area contributed by atoms with Crippen molar-refractivity contribution in [3.8, 4) is 11.1 Å². The fourth-order valence-electron chi connectivity index (χ4n) is 1.87. The minimum Gasteiger partial charge on any atom is -0.313 e. The third-order valence-electron chi connectivity index (χ3n) is 2.93. The first kappa shape index (κ1) is 14.9. The van der Waals surface area contributed by atoms with Crippen LogP contribution in [0.2, 0.25) is 5.02 Å². The second-order valence-corrected chi connectivity index (χ2v) is 4.75. The van der Waals surface area contributed by atoms with E-state index in [4.69, 9.17) is 11.6 Å². The molecule has 0 heterocycles.